The van der Waals surface area contributed by atoms with Crippen molar-refractivity contribution in [3.05, 3.63) is 36.5 Å². The topological polar surface area (TPSA) is 78.9 Å². The molecule has 0 aromatic carbocycles. The smallest absolute Gasteiger partial charge is 0.306 e. The highest BCUT2D eigenvalue weighted by Gasteiger charge is 2.19. The number of carbonyl (C=O) groups is 3. The van der Waals surface area contributed by atoms with Crippen molar-refractivity contribution in [2.24, 2.45) is 0 Å². The average Bonchev–Trinajstić information content (AvgIpc) is 3.43. The van der Waals surface area contributed by atoms with Crippen molar-refractivity contribution in [2.75, 3.05) is 13.2 Å². The van der Waals surface area contributed by atoms with E-state index in [-0.39, 0.29) is 31.1 Å². The van der Waals surface area contributed by atoms with Gasteiger partial charge in [-0.25, -0.2) is 0 Å². The van der Waals surface area contributed by atoms with E-state index >= 15 is 0 Å². The molecule has 0 rings (SSSR count). The standard InChI is InChI=1S/C71H132O6/c1-4-7-10-13-16-19-22-25-27-29-31-33-35-37-39-41-43-46-49-52-55-58-61-64-70(73)76-67-68(66-75-69(72)63-60-57-54-51-48-45-24-21-18-15-12-9-6-3)77-71(74)65-62-59-56-53-50-47-44-42-40-38-36-34-32-30-28-26-23-20-17-14-11-8-5-2/h21,24,29-32,68H,4-20,22-23,25-28,33-67H2,1-3H3/b24-21-,31-29-,32-30-. The Labute approximate surface area is 480 Å². The Morgan fingerprint density at radius 2 is 0.429 bits per heavy atom. The fourth-order valence-corrected chi connectivity index (χ4v) is 10.4. The lowest BCUT2D eigenvalue weighted by atomic mass is 10.0. The third kappa shape index (κ3) is 64.3. The highest BCUT2D eigenvalue weighted by Crippen LogP contribution is 2.18. The third-order valence-electron chi connectivity index (χ3n) is 15.6. The second-order valence-corrected chi connectivity index (χ2v) is 23.4. The Balaban J connectivity index is 4.26. The van der Waals surface area contributed by atoms with Gasteiger partial charge in [0.05, 0.1) is 0 Å². The van der Waals surface area contributed by atoms with E-state index in [1.54, 1.807) is 0 Å². The predicted octanol–water partition coefficient (Wildman–Crippen LogP) is 23.6. The van der Waals surface area contributed by atoms with Crippen molar-refractivity contribution in [1.29, 1.82) is 0 Å². The van der Waals surface area contributed by atoms with Gasteiger partial charge in [0.15, 0.2) is 6.10 Å². The Morgan fingerprint density at radius 1 is 0.247 bits per heavy atom. The quantitative estimate of drug-likeness (QED) is 0.0261. The van der Waals surface area contributed by atoms with E-state index in [2.05, 4.69) is 57.2 Å². The van der Waals surface area contributed by atoms with E-state index in [0.717, 1.165) is 64.2 Å². The zero-order chi connectivity index (χ0) is 55.7. The van der Waals surface area contributed by atoms with E-state index in [1.807, 2.05) is 0 Å². The van der Waals surface area contributed by atoms with E-state index in [4.69, 9.17) is 14.2 Å². The normalized spacial score (nSPS) is 12.2. The molecule has 0 fully saturated rings. The number of hydrogen-bond donors (Lipinski definition) is 0. The summed E-state index contributed by atoms with van der Waals surface area (Å²) in [5, 5.41) is 0. The van der Waals surface area contributed by atoms with Gasteiger partial charge in [-0.05, 0) is 96.3 Å². The van der Waals surface area contributed by atoms with Crippen molar-refractivity contribution in [3.8, 4) is 0 Å². The van der Waals surface area contributed by atoms with Gasteiger partial charge in [0.2, 0.25) is 0 Å². The molecule has 0 amide bonds. The Morgan fingerprint density at radius 3 is 0.662 bits per heavy atom. The van der Waals surface area contributed by atoms with E-state index in [0.29, 0.717) is 19.3 Å². The van der Waals surface area contributed by atoms with Crippen LogP contribution in [-0.4, -0.2) is 37.2 Å². The van der Waals surface area contributed by atoms with Crippen molar-refractivity contribution >= 4 is 17.9 Å². The highest BCUT2D eigenvalue weighted by molar-refractivity contribution is 5.71. The number of unbranched alkanes of at least 4 members (excludes halogenated alkanes) is 47. The lowest BCUT2D eigenvalue weighted by molar-refractivity contribution is -0.167. The fraction of sp³-hybridized carbons (Fsp3) is 0.873. The maximum absolute atomic E-state index is 12.9. The van der Waals surface area contributed by atoms with Crippen molar-refractivity contribution < 1.29 is 28.6 Å². The number of hydrogen-bond acceptors (Lipinski definition) is 6. The molecule has 0 saturated heterocycles. The minimum atomic E-state index is -0.776. The van der Waals surface area contributed by atoms with Gasteiger partial charge in [0.25, 0.3) is 0 Å². The van der Waals surface area contributed by atoms with Crippen LogP contribution in [0.1, 0.15) is 380 Å². The molecule has 0 aliphatic carbocycles. The maximum atomic E-state index is 12.9. The van der Waals surface area contributed by atoms with Crippen LogP contribution in [0.4, 0.5) is 0 Å². The molecule has 6 nitrogen and oxygen atoms in total. The lowest BCUT2D eigenvalue weighted by Gasteiger charge is -2.18. The number of rotatable bonds is 64. The number of allylic oxidation sites excluding steroid dienone is 6. The van der Waals surface area contributed by atoms with Crippen molar-refractivity contribution in [1.82, 2.24) is 0 Å². The summed E-state index contributed by atoms with van der Waals surface area (Å²) in [4.78, 5) is 38.4. The minimum absolute atomic E-state index is 0.0719. The highest BCUT2D eigenvalue weighted by atomic mass is 16.6. The van der Waals surface area contributed by atoms with Gasteiger partial charge in [-0.15, -0.1) is 0 Å². The van der Waals surface area contributed by atoms with Crippen LogP contribution < -0.4 is 0 Å². The van der Waals surface area contributed by atoms with Crippen molar-refractivity contribution in [2.45, 2.75) is 386 Å². The first-order chi connectivity index (χ1) is 38.0. The van der Waals surface area contributed by atoms with Crippen molar-refractivity contribution in [3.63, 3.8) is 0 Å². The van der Waals surface area contributed by atoms with Gasteiger partial charge in [0.1, 0.15) is 13.2 Å². The van der Waals surface area contributed by atoms with Crippen LogP contribution in [0.3, 0.4) is 0 Å². The van der Waals surface area contributed by atoms with Gasteiger partial charge in [-0.2, -0.15) is 0 Å². The van der Waals surface area contributed by atoms with E-state index in [9.17, 15) is 14.4 Å². The minimum Gasteiger partial charge on any atom is -0.462 e. The summed E-state index contributed by atoms with van der Waals surface area (Å²) >= 11 is 0. The largest absolute Gasteiger partial charge is 0.462 e. The molecule has 0 heterocycles. The number of carbonyl (C=O) groups excluding carboxylic acids is 3. The first kappa shape index (κ1) is 74.6. The molecule has 0 aromatic rings. The molecule has 0 saturated carbocycles. The Bertz CT molecular complexity index is 1290. The molecule has 1 unspecified atom stereocenters. The van der Waals surface area contributed by atoms with Crippen LogP contribution in [-0.2, 0) is 28.6 Å². The molecular weight excluding hydrogens is 949 g/mol. The molecule has 0 aliphatic heterocycles. The Hall–Kier alpha value is -2.37. The van der Waals surface area contributed by atoms with Gasteiger partial charge in [0, 0.05) is 19.3 Å². The van der Waals surface area contributed by atoms with Gasteiger partial charge < -0.3 is 14.2 Å². The van der Waals surface area contributed by atoms with Crippen LogP contribution in [0, 0.1) is 0 Å². The third-order valence-corrected chi connectivity index (χ3v) is 15.6. The number of esters is 3. The molecule has 0 spiro atoms. The summed E-state index contributed by atoms with van der Waals surface area (Å²) in [7, 11) is 0. The summed E-state index contributed by atoms with van der Waals surface area (Å²) in [6.45, 7) is 6.68. The summed E-state index contributed by atoms with van der Waals surface area (Å²) in [6, 6.07) is 0. The number of ether oxygens (including phenoxy) is 3. The summed E-state index contributed by atoms with van der Waals surface area (Å²) in [6.07, 6.45) is 81.7. The second kappa shape index (κ2) is 66.1. The zero-order valence-electron chi connectivity index (χ0n) is 52.0. The predicted molar refractivity (Wildman–Crippen MR) is 335 cm³/mol. The van der Waals surface area contributed by atoms with Gasteiger partial charge in [-0.1, -0.05) is 301 Å². The van der Waals surface area contributed by atoms with Crippen LogP contribution >= 0.6 is 0 Å². The van der Waals surface area contributed by atoms with Gasteiger partial charge >= 0.3 is 17.9 Å². The summed E-state index contributed by atoms with van der Waals surface area (Å²) in [5.74, 6) is -0.857. The van der Waals surface area contributed by atoms with Gasteiger partial charge in [-0.3, -0.25) is 14.4 Å². The summed E-state index contributed by atoms with van der Waals surface area (Å²) in [5.41, 5.74) is 0. The second-order valence-electron chi connectivity index (χ2n) is 23.4. The monoisotopic (exact) mass is 1080 g/mol. The zero-order valence-corrected chi connectivity index (χ0v) is 52.0. The van der Waals surface area contributed by atoms with E-state index < -0.39 is 6.10 Å². The lowest BCUT2D eigenvalue weighted by Crippen LogP contribution is -2.30. The van der Waals surface area contributed by atoms with Crippen LogP contribution in [0.25, 0.3) is 0 Å². The molecule has 452 valence electrons. The molecule has 0 aliphatic rings. The molecule has 6 heteroatoms. The molecule has 0 N–H and O–H groups in total. The molecule has 0 bridgehead atoms. The molecular formula is C71H132O6. The van der Waals surface area contributed by atoms with Crippen LogP contribution in [0.15, 0.2) is 36.5 Å². The molecule has 0 aromatic heterocycles. The fourth-order valence-electron chi connectivity index (χ4n) is 10.4. The van der Waals surface area contributed by atoms with Crippen LogP contribution in [0.2, 0.25) is 0 Å². The SMILES string of the molecule is CCCCCC/C=C\CCCCCCCC(=O)OCC(COC(=O)CCCCCCCCCCCCC/C=C\CCCCCCCCCC)OC(=O)CCCCCCCCCCCCC/C=C\CCCCCCCCCC. The molecule has 0 radical (unpaired) electrons. The molecule has 77 heavy (non-hydrogen) atoms. The maximum Gasteiger partial charge on any atom is 0.306 e. The first-order valence-corrected chi connectivity index (χ1v) is 34.5. The molecule has 1 atom stereocenters. The van der Waals surface area contributed by atoms with Crippen LogP contribution in [0.5, 0.6) is 0 Å². The summed E-state index contributed by atoms with van der Waals surface area (Å²) < 4.78 is 17.0. The Kier molecular flexibility index (Phi) is 64.1. The van der Waals surface area contributed by atoms with E-state index in [1.165, 1.54) is 276 Å². The average molecular weight is 1080 g/mol. The first-order valence-electron chi connectivity index (χ1n) is 34.5.